The first-order valence-corrected chi connectivity index (χ1v) is 15.3. The van der Waals surface area contributed by atoms with E-state index in [1.165, 1.54) is 22.7 Å². The number of hydrogen-bond donors (Lipinski definition) is 1. The molecule has 4 heterocycles. The van der Waals surface area contributed by atoms with Gasteiger partial charge in [0.25, 0.3) is 5.91 Å². The second-order valence-corrected chi connectivity index (χ2v) is 12.7. The zero-order chi connectivity index (χ0) is 28.9. The van der Waals surface area contributed by atoms with Gasteiger partial charge >= 0.3 is 0 Å². The van der Waals surface area contributed by atoms with Crippen molar-refractivity contribution in [3.8, 4) is 33.2 Å². The van der Waals surface area contributed by atoms with Crippen molar-refractivity contribution in [1.29, 1.82) is 0 Å². The van der Waals surface area contributed by atoms with E-state index in [-0.39, 0.29) is 5.91 Å². The number of furan rings is 1. The molecule has 6 rings (SSSR count). The van der Waals surface area contributed by atoms with Crippen LogP contribution in [0.1, 0.15) is 15.9 Å². The molecule has 0 saturated heterocycles. The van der Waals surface area contributed by atoms with E-state index in [0.717, 1.165) is 32.7 Å². The van der Waals surface area contributed by atoms with Gasteiger partial charge in [-0.15, -0.1) is 11.3 Å². The number of sulfonamides is 1. The van der Waals surface area contributed by atoms with Gasteiger partial charge in [0.15, 0.2) is 5.65 Å². The number of benzene rings is 2. The number of carbonyl (C=O) groups is 1. The molecule has 2 aromatic carbocycles. The average molecular weight is 584 g/mol. The van der Waals surface area contributed by atoms with Gasteiger partial charge in [0.1, 0.15) is 16.4 Å². The van der Waals surface area contributed by atoms with Crippen LogP contribution in [0.2, 0.25) is 0 Å². The number of carbonyl (C=O) groups excluding carboxylic acids is 1. The van der Waals surface area contributed by atoms with Crippen molar-refractivity contribution in [1.82, 2.24) is 20.3 Å². The quantitative estimate of drug-likeness (QED) is 0.259. The minimum atomic E-state index is -3.65. The maximum Gasteiger partial charge on any atom is 0.255 e. The van der Waals surface area contributed by atoms with Crippen LogP contribution in [0.15, 0.2) is 77.5 Å². The van der Waals surface area contributed by atoms with Gasteiger partial charge in [-0.1, -0.05) is 29.8 Å². The summed E-state index contributed by atoms with van der Waals surface area (Å²) in [5, 5.41) is 4.01. The number of fused-ring (bicyclic) bond motifs is 2. The summed E-state index contributed by atoms with van der Waals surface area (Å²) in [7, 11) is -0.611. The Morgan fingerprint density at radius 2 is 1.78 bits per heavy atom. The molecular weight excluding hydrogens is 558 g/mol. The summed E-state index contributed by atoms with van der Waals surface area (Å²) in [6.07, 6.45) is 4.49. The summed E-state index contributed by atoms with van der Waals surface area (Å²) in [6, 6.07) is 18.6. The summed E-state index contributed by atoms with van der Waals surface area (Å²) >= 11 is 1.51. The van der Waals surface area contributed by atoms with Crippen LogP contribution < -0.4 is 9.62 Å². The Bertz CT molecular complexity index is 2030. The highest BCUT2D eigenvalue weighted by atomic mass is 32.2. The van der Waals surface area contributed by atoms with E-state index in [4.69, 9.17) is 4.42 Å². The number of nitrogens with one attached hydrogen (secondary N) is 1. The van der Waals surface area contributed by atoms with E-state index in [1.807, 2.05) is 55.5 Å². The molecule has 0 unspecified atom stereocenters. The lowest BCUT2D eigenvalue weighted by molar-refractivity contribution is 0.0964. The molecule has 0 fully saturated rings. The highest BCUT2D eigenvalue weighted by Gasteiger charge is 2.26. The Hall–Kier alpha value is -4.61. The summed E-state index contributed by atoms with van der Waals surface area (Å²) in [6.45, 7) is 1.98. The fourth-order valence-corrected chi connectivity index (χ4v) is 6.07. The second kappa shape index (κ2) is 10.1. The van der Waals surface area contributed by atoms with Gasteiger partial charge in [-0.3, -0.25) is 14.1 Å². The molecule has 41 heavy (non-hydrogen) atoms. The summed E-state index contributed by atoms with van der Waals surface area (Å²) in [5.41, 5.74) is 5.40. The van der Waals surface area contributed by atoms with Gasteiger partial charge in [-0.2, -0.15) is 0 Å². The number of aryl methyl sites for hydroxylation is 1. The van der Waals surface area contributed by atoms with Crippen molar-refractivity contribution < 1.29 is 17.6 Å². The Morgan fingerprint density at radius 1 is 1.00 bits per heavy atom. The molecule has 11 heteroatoms. The molecule has 0 aliphatic rings. The Balaban J connectivity index is 1.61. The number of aromatic nitrogens is 3. The molecule has 0 radical (unpaired) electrons. The zero-order valence-corrected chi connectivity index (χ0v) is 24.3. The number of pyridine rings is 2. The molecule has 0 saturated carbocycles. The van der Waals surface area contributed by atoms with E-state index in [1.54, 1.807) is 31.6 Å². The maximum absolute atomic E-state index is 13.2. The molecule has 1 amide bonds. The molecular formula is C30H25N5O4S2. The summed E-state index contributed by atoms with van der Waals surface area (Å²) in [4.78, 5) is 26.8. The summed E-state index contributed by atoms with van der Waals surface area (Å²) < 4.78 is 33.8. The molecule has 0 bridgehead atoms. The highest BCUT2D eigenvalue weighted by molar-refractivity contribution is 7.92. The van der Waals surface area contributed by atoms with Gasteiger partial charge < -0.3 is 9.73 Å². The first kappa shape index (κ1) is 26.6. The van der Waals surface area contributed by atoms with Crippen LogP contribution in [0.5, 0.6) is 0 Å². The molecule has 9 nitrogen and oxygen atoms in total. The highest BCUT2D eigenvalue weighted by Crippen LogP contribution is 2.41. The average Bonchev–Trinajstić information content (AvgIpc) is 3.57. The second-order valence-electron chi connectivity index (χ2n) is 9.62. The van der Waals surface area contributed by atoms with Gasteiger partial charge in [0.05, 0.1) is 27.9 Å². The number of thiazole rings is 1. The van der Waals surface area contributed by atoms with Crippen LogP contribution in [0.4, 0.5) is 5.69 Å². The van der Waals surface area contributed by atoms with E-state index in [9.17, 15) is 13.2 Å². The standard InChI is InChI=1S/C30H25N5O4S2/c1-17-7-9-18(10-8-17)27-26(29(36)31-2)21-15-20(23(16-24(21)39-27)35(3)41(4,37)38)22-14-19(11-13-32-22)30-34-28-25(40-30)6-5-12-33-28/h5-16H,1-4H3,(H,31,36). The molecule has 0 aliphatic carbocycles. The fraction of sp³-hybridized carbons (Fsp3) is 0.133. The van der Waals surface area contributed by atoms with Crippen LogP contribution in [0.25, 0.3) is 54.5 Å². The van der Waals surface area contributed by atoms with Gasteiger partial charge in [0.2, 0.25) is 10.0 Å². The van der Waals surface area contributed by atoms with Crippen molar-refractivity contribution in [2.45, 2.75) is 6.92 Å². The first-order chi connectivity index (χ1) is 19.6. The molecule has 206 valence electrons. The van der Waals surface area contributed by atoms with Crippen LogP contribution in [0.3, 0.4) is 0 Å². The lowest BCUT2D eigenvalue weighted by atomic mass is 10.00. The van der Waals surface area contributed by atoms with Crippen LogP contribution in [0, 0.1) is 6.92 Å². The van der Waals surface area contributed by atoms with Crippen LogP contribution in [-0.2, 0) is 10.0 Å². The predicted octanol–water partition coefficient (Wildman–Crippen LogP) is 5.90. The number of rotatable bonds is 6. The smallest absolute Gasteiger partial charge is 0.255 e. The first-order valence-electron chi connectivity index (χ1n) is 12.7. The molecule has 1 N–H and O–H groups in total. The molecule has 4 aromatic heterocycles. The van der Waals surface area contributed by atoms with E-state index < -0.39 is 10.0 Å². The van der Waals surface area contributed by atoms with Crippen molar-refractivity contribution >= 4 is 54.3 Å². The van der Waals surface area contributed by atoms with Crippen molar-refractivity contribution in [2.24, 2.45) is 0 Å². The van der Waals surface area contributed by atoms with E-state index >= 15 is 0 Å². The lowest BCUT2D eigenvalue weighted by Gasteiger charge is -2.20. The zero-order valence-electron chi connectivity index (χ0n) is 22.7. The van der Waals surface area contributed by atoms with Crippen molar-refractivity contribution in [3.05, 3.63) is 84.2 Å². The maximum atomic E-state index is 13.2. The molecule has 0 atom stereocenters. The number of anilines is 1. The third-order valence-corrected chi connectivity index (χ3v) is 9.11. The molecule has 0 aliphatic heterocycles. The Labute approximate surface area is 240 Å². The molecule has 0 spiro atoms. The van der Waals surface area contributed by atoms with Crippen LogP contribution in [-0.4, -0.2) is 49.6 Å². The minimum Gasteiger partial charge on any atom is -0.455 e. The number of nitrogens with zero attached hydrogens (tertiary/aromatic N) is 4. The Kier molecular flexibility index (Phi) is 6.55. The van der Waals surface area contributed by atoms with Gasteiger partial charge in [-0.25, -0.2) is 18.4 Å². The van der Waals surface area contributed by atoms with Gasteiger partial charge in [0, 0.05) is 54.6 Å². The van der Waals surface area contributed by atoms with E-state index in [2.05, 4.69) is 20.3 Å². The summed E-state index contributed by atoms with van der Waals surface area (Å²) in [5.74, 6) is 0.0753. The topological polar surface area (TPSA) is 118 Å². The number of hydrogen-bond acceptors (Lipinski definition) is 8. The Morgan fingerprint density at radius 3 is 2.49 bits per heavy atom. The van der Waals surface area contributed by atoms with Crippen molar-refractivity contribution in [3.63, 3.8) is 0 Å². The van der Waals surface area contributed by atoms with Gasteiger partial charge in [-0.05, 0) is 37.3 Å². The largest absolute Gasteiger partial charge is 0.455 e. The number of amides is 1. The third kappa shape index (κ3) is 4.83. The van der Waals surface area contributed by atoms with Crippen LogP contribution >= 0.6 is 11.3 Å². The van der Waals surface area contributed by atoms with E-state index in [0.29, 0.717) is 44.9 Å². The molecule has 6 aromatic rings. The third-order valence-electron chi connectivity index (χ3n) is 6.86. The fourth-order valence-electron chi connectivity index (χ4n) is 4.64. The normalized spacial score (nSPS) is 11.7. The monoisotopic (exact) mass is 583 g/mol. The minimum absolute atomic E-state index is 0.321. The lowest BCUT2D eigenvalue weighted by Crippen LogP contribution is -2.25. The van der Waals surface area contributed by atoms with Crippen molar-refractivity contribution in [2.75, 3.05) is 24.7 Å². The predicted molar refractivity (Wildman–Crippen MR) is 163 cm³/mol. The SMILES string of the molecule is CNC(=O)c1c(-c2ccc(C)cc2)oc2cc(N(C)S(C)(=O)=O)c(-c3cc(-c4nc5ncccc5s4)ccn3)cc12.